The Kier molecular flexibility index (Phi) is 4.51. The molecule has 20 heavy (non-hydrogen) atoms. The van der Waals surface area contributed by atoms with Gasteiger partial charge in [-0.25, -0.2) is 4.79 Å². The minimum atomic E-state index is -0.309. The molecule has 0 amide bonds. The number of esters is 1. The van der Waals surface area contributed by atoms with Gasteiger partial charge in [0, 0.05) is 17.6 Å². The fourth-order valence-corrected chi connectivity index (χ4v) is 2.31. The van der Waals surface area contributed by atoms with Crippen molar-refractivity contribution in [1.29, 1.82) is 0 Å². The second-order valence-electron chi connectivity index (χ2n) is 4.72. The fraction of sp³-hybridized carbons (Fsp3) is 0.294. The molecule has 1 aliphatic rings. The summed E-state index contributed by atoms with van der Waals surface area (Å²) in [4.78, 5) is 24.0. The SMILES string of the molecule is CCOC(=O)C1=C(C)/C(=C\c2ccccc2)C(=O)CC1. The fourth-order valence-electron chi connectivity index (χ4n) is 2.31. The van der Waals surface area contributed by atoms with Gasteiger partial charge in [0.05, 0.1) is 6.61 Å². The molecular weight excluding hydrogens is 252 g/mol. The van der Waals surface area contributed by atoms with Gasteiger partial charge in [-0.2, -0.15) is 0 Å². The lowest BCUT2D eigenvalue weighted by Crippen LogP contribution is -2.18. The van der Waals surface area contributed by atoms with Gasteiger partial charge < -0.3 is 4.74 Å². The van der Waals surface area contributed by atoms with E-state index in [1.165, 1.54) is 0 Å². The van der Waals surface area contributed by atoms with Crippen LogP contribution in [0.1, 0.15) is 32.3 Å². The zero-order valence-corrected chi connectivity index (χ0v) is 11.8. The second kappa shape index (κ2) is 6.33. The Balaban J connectivity index is 2.40. The molecule has 2 rings (SSSR count). The third kappa shape index (κ3) is 3.05. The van der Waals surface area contributed by atoms with Crippen molar-refractivity contribution in [3.63, 3.8) is 0 Å². The minimum Gasteiger partial charge on any atom is -0.463 e. The molecule has 1 aromatic carbocycles. The maximum Gasteiger partial charge on any atom is 0.334 e. The lowest BCUT2D eigenvalue weighted by molar-refractivity contribution is -0.138. The van der Waals surface area contributed by atoms with E-state index >= 15 is 0 Å². The second-order valence-corrected chi connectivity index (χ2v) is 4.72. The van der Waals surface area contributed by atoms with Gasteiger partial charge in [0.1, 0.15) is 0 Å². The monoisotopic (exact) mass is 270 g/mol. The van der Waals surface area contributed by atoms with E-state index in [-0.39, 0.29) is 11.8 Å². The zero-order chi connectivity index (χ0) is 14.5. The van der Waals surface area contributed by atoms with Crippen molar-refractivity contribution < 1.29 is 14.3 Å². The van der Waals surface area contributed by atoms with E-state index in [1.54, 1.807) is 6.92 Å². The summed E-state index contributed by atoms with van der Waals surface area (Å²) in [5, 5.41) is 0. The van der Waals surface area contributed by atoms with Gasteiger partial charge in [0.25, 0.3) is 0 Å². The number of rotatable bonds is 3. The van der Waals surface area contributed by atoms with Crippen LogP contribution in [-0.4, -0.2) is 18.4 Å². The molecule has 0 atom stereocenters. The van der Waals surface area contributed by atoms with Gasteiger partial charge in [0.15, 0.2) is 5.78 Å². The van der Waals surface area contributed by atoms with Crippen LogP contribution in [0.2, 0.25) is 0 Å². The molecular formula is C17H18O3. The normalized spacial score (nSPS) is 17.5. The number of ketones is 1. The van der Waals surface area contributed by atoms with Crippen LogP contribution in [0.25, 0.3) is 6.08 Å². The van der Waals surface area contributed by atoms with Crippen molar-refractivity contribution in [2.24, 2.45) is 0 Å². The van der Waals surface area contributed by atoms with Crippen molar-refractivity contribution in [1.82, 2.24) is 0 Å². The predicted molar refractivity (Wildman–Crippen MR) is 78.0 cm³/mol. The van der Waals surface area contributed by atoms with Gasteiger partial charge in [-0.05, 0) is 37.5 Å². The van der Waals surface area contributed by atoms with Crippen LogP contribution in [0.3, 0.4) is 0 Å². The van der Waals surface area contributed by atoms with Gasteiger partial charge in [-0.1, -0.05) is 30.3 Å². The summed E-state index contributed by atoms with van der Waals surface area (Å²) in [6, 6.07) is 9.64. The van der Waals surface area contributed by atoms with Crippen molar-refractivity contribution in [3.05, 3.63) is 52.6 Å². The van der Waals surface area contributed by atoms with Crippen LogP contribution < -0.4 is 0 Å². The van der Waals surface area contributed by atoms with Gasteiger partial charge in [-0.15, -0.1) is 0 Å². The third-order valence-corrected chi connectivity index (χ3v) is 3.39. The predicted octanol–water partition coefficient (Wildman–Crippen LogP) is 3.31. The van der Waals surface area contributed by atoms with Crippen LogP contribution in [0, 0.1) is 0 Å². The highest BCUT2D eigenvalue weighted by molar-refractivity contribution is 6.08. The topological polar surface area (TPSA) is 43.4 Å². The number of carbonyl (C=O) groups is 2. The summed E-state index contributed by atoms with van der Waals surface area (Å²) in [6.07, 6.45) is 2.68. The molecule has 0 N–H and O–H groups in total. The van der Waals surface area contributed by atoms with E-state index in [1.807, 2.05) is 43.3 Å². The Morgan fingerprint density at radius 2 is 1.95 bits per heavy atom. The molecule has 0 radical (unpaired) electrons. The summed E-state index contributed by atoms with van der Waals surface area (Å²) in [5.74, 6) is -0.226. The van der Waals surface area contributed by atoms with Crippen LogP contribution >= 0.6 is 0 Å². The van der Waals surface area contributed by atoms with E-state index < -0.39 is 0 Å². The first-order chi connectivity index (χ1) is 9.63. The van der Waals surface area contributed by atoms with E-state index in [0.29, 0.717) is 30.6 Å². The Labute approximate surface area is 118 Å². The summed E-state index contributed by atoms with van der Waals surface area (Å²) in [7, 11) is 0. The van der Waals surface area contributed by atoms with Crippen LogP contribution in [0.15, 0.2) is 47.1 Å². The molecule has 0 aliphatic heterocycles. The number of hydrogen-bond acceptors (Lipinski definition) is 3. The van der Waals surface area contributed by atoms with Crippen LogP contribution in [0.5, 0.6) is 0 Å². The molecule has 0 spiro atoms. The first kappa shape index (κ1) is 14.3. The van der Waals surface area contributed by atoms with E-state index in [2.05, 4.69) is 0 Å². The Morgan fingerprint density at radius 1 is 1.25 bits per heavy atom. The van der Waals surface area contributed by atoms with Gasteiger partial charge >= 0.3 is 5.97 Å². The number of benzene rings is 1. The van der Waals surface area contributed by atoms with Gasteiger partial charge in [0.2, 0.25) is 0 Å². The Morgan fingerprint density at radius 3 is 2.60 bits per heavy atom. The summed E-state index contributed by atoms with van der Waals surface area (Å²) >= 11 is 0. The maximum atomic E-state index is 12.1. The number of hydrogen-bond donors (Lipinski definition) is 0. The highest BCUT2D eigenvalue weighted by Gasteiger charge is 2.25. The van der Waals surface area contributed by atoms with Crippen molar-refractivity contribution in [2.75, 3.05) is 6.61 Å². The molecule has 0 aromatic heterocycles. The van der Waals surface area contributed by atoms with Crippen molar-refractivity contribution >= 4 is 17.8 Å². The molecule has 0 bridgehead atoms. The highest BCUT2D eigenvalue weighted by Crippen LogP contribution is 2.29. The van der Waals surface area contributed by atoms with E-state index in [4.69, 9.17) is 4.74 Å². The standard InChI is InChI=1S/C17H18O3/c1-3-20-17(19)14-9-10-16(18)15(12(14)2)11-13-7-5-4-6-8-13/h4-8,11H,3,9-10H2,1-2H3/b15-11+. The highest BCUT2D eigenvalue weighted by atomic mass is 16.5. The van der Waals surface area contributed by atoms with E-state index in [0.717, 1.165) is 11.1 Å². The molecule has 0 saturated heterocycles. The zero-order valence-electron chi connectivity index (χ0n) is 11.8. The molecule has 0 saturated carbocycles. The molecule has 0 unspecified atom stereocenters. The van der Waals surface area contributed by atoms with Gasteiger partial charge in [-0.3, -0.25) is 4.79 Å². The first-order valence-corrected chi connectivity index (χ1v) is 6.80. The van der Waals surface area contributed by atoms with E-state index in [9.17, 15) is 9.59 Å². The van der Waals surface area contributed by atoms with Crippen LogP contribution in [-0.2, 0) is 14.3 Å². The molecule has 3 nitrogen and oxygen atoms in total. The molecule has 1 aromatic rings. The number of ether oxygens (including phenoxy) is 1. The maximum absolute atomic E-state index is 12.1. The summed E-state index contributed by atoms with van der Waals surface area (Å²) in [5.41, 5.74) is 2.93. The first-order valence-electron chi connectivity index (χ1n) is 6.80. The molecule has 0 fully saturated rings. The molecule has 1 aliphatic carbocycles. The average molecular weight is 270 g/mol. The largest absolute Gasteiger partial charge is 0.463 e. The Hall–Kier alpha value is -2.16. The Bertz CT molecular complexity index is 580. The average Bonchev–Trinajstić information content (AvgIpc) is 2.45. The lowest BCUT2D eigenvalue weighted by Gasteiger charge is -2.18. The molecule has 104 valence electrons. The van der Waals surface area contributed by atoms with Crippen LogP contribution in [0.4, 0.5) is 0 Å². The molecule has 3 heteroatoms. The molecule has 0 heterocycles. The van der Waals surface area contributed by atoms with Crippen molar-refractivity contribution in [2.45, 2.75) is 26.7 Å². The quantitative estimate of drug-likeness (QED) is 0.625. The summed E-state index contributed by atoms with van der Waals surface area (Å²) in [6.45, 7) is 3.95. The lowest BCUT2D eigenvalue weighted by atomic mass is 9.86. The smallest absolute Gasteiger partial charge is 0.334 e. The number of allylic oxidation sites excluding steroid dienone is 2. The third-order valence-electron chi connectivity index (χ3n) is 3.39. The number of carbonyl (C=O) groups excluding carboxylic acids is 2. The van der Waals surface area contributed by atoms with Crippen molar-refractivity contribution in [3.8, 4) is 0 Å². The minimum absolute atomic E-state index is 0.0828. The number of Topliss-reactive ketones (excluding diaryl/α,β-unsaturated/α-hetero) is 1. The summed E-state index contributed by atoms with van der Waals surface area (Å²) < 4.78 is 5.05.